The van der Waals surface area contributed by atoms with E-state index in [1.165, 1.54) is 12.1 Å². The first-order valence-corrected chi connectivity index (χ1v) is 5.39. The zero-order valence-electron chi connectivity index (χ0n) is 8.59. The molecule has 1 aromatic rings. The fourth-order valence-corrected chi connectivity index (χ4v) is 1.63. The Kier molecular flexibility index (Phi) is 3.31. The molecule has 2 rings (SSSR count). The van der Waals surface area contributed by atoms with Crippen molar-refractivity contribution in [1.29, 1.82) is 0 Å². The molecule has 0 aliphatic carbocycles. The predicted octanol–water partition coefficient (Wildman–Crippen LogP) is 3.40. The fraction of sp³-hybridized carbons (Fsp3) is 0.273. The Morgan fingerprint density at radius 2 is 1.88 bits per heavy atom. The summed E-state index contributed by atoms with van der Waals surface area (Å²) in [5.74, 6) is 0.275. The van der Waals surface area contributed by atoms with Crippen LogP contribution in [0.2, 0.25) is 0 Å². The standard InChI is InChI=1S/C11H9ClF3NO/c12-6-9-5-10(17-16-9)7-1-3-8(4-2-7)11(13,14)15/h1-5,10,16H,6H2. The predicted molar refractivity (Wildman–Crippen MR) is 57.2 cm³/mol. The lowest BCUT2D eigenvalue weighted by Crippen LogP contribution is -2.09. The summed E-state index contributed by atoms with van der Waals surface area (Å²) in [6.45, 7) is 0. The second kappa shape index (κ2) is 4.58. The number of benzene rings is 1. The molecule has 92 valence electrons. The van der Waals surface area contributed by atoms with Gasteiger partial charge >= 0.3 is 6.18 Å². The molecular weight excluding hydrogens is 255 g/mol. The third-order valence-corrected chi connectivity index (χ3v) is 2.67. The highest BCUT2D eigenvalue weighted by molar-refractivity contribution is 6.19. The van der Waals surface area contributed by atoms with Crippen LogP contribution >= 0.6 is 11.6 Å². The quantitative estimate of drug-likeness (QED) is 0.826. The van der Waals surface area contributed by atoms with Gasteiger partial charge in [0.15, 0.2) is 0 Å². The van der Waals surface area contributed by atoms with Crippen molar-refractivity contribution >= 4 is 11.6 Å². The maximum atomic E-state index is 12.3. The molecule has 0 saturated heterocycles. The van der Waals surface area contributed by atoms with Crippen molar-refractivity contribution in [2.24, 2.45) is 0 Å². The van der Waals surface area contributed by atoms with Crippen LogP contribution in [0.3, 0.4) is 0 Å². The Morgan fingerprint density at radius 1 is 1.24 bits per heavy atom. The monoisotopic (exact) mass is 263 g/mol. The average Bonchev–Trinajstić information content (AvgIpc) is 2.76. The minimum Gasteiger partial charge on any atom is -0.269 e. The summed E-state index contributed by atoms with van der Waals surface area (Å²) in [6.07, 6.45) is -2.98. The third-order valence-electron chi connectivity index (χ3n) is 2.38. The maximum absolute atomic E-state index is 12.3. The van der Waals surface area contributed by atoms with Crippen LogP contribution in [0.25, 0.3) is 0 Å². The van der Waals surface area contributed by atoms with Crippen LogP contribution in [0.4, 0.5) is 13.2 Å². The molecule has 1 aliphatic heterocycles. The van der Waals surface area contributed by atoms with Crippen molar-refractivity contribution in [1.82, 2.24) is 5.48 Å². The van der Waals surface area contributed by atoms with E-state index in [1.807, 2.05) is 0 Å². The van der Waals surface area contributed by atoms with E-state index in [0.29, 0.717) is 11.3 Å². The number of hydrogen-bond donors (Lipinski definition) is 1. The first kappa shape index (κ1) is 12.3. The molecule has 0 spiro atoms. The fourth-order valence-electron chi connectivity index (χ4n) is 1.49. The minimum absolute atomic E-state index is 0.275. The molecule has 2 nitrogen and oxygen atoms in total. The first-order valence-electron chi connectivity index (χ1n) is 4.86. The molecule has 0 amide bonds. The topological polar surface area (TPSA) is 21.3 Å². The van der Waals surface area contributed by atoms with Crippen LogP contribution in [0.1, 0.15) is 17.2 Å². The number of rotatable bonds is 2. The van der Waals surface area contributed by atoms with Gasteiger partial charge in [0.05, 0.1) is 17.1 Å². The molecule has 0 aromatic heterocycles. The van der Waals surface area contributed by atoms with Gasteiger partial charge in [-0.25, -0.2) is 0 Å². The van der Waals surface area contributed by atoms with Crippen LogP contribution < -0.4 is 5.48 Å². The molecule has 17 heavy (non-hydrogen) atoms. The number of halogens is 4. The first-order chi connectivity index (χ1) is 8.00. The highest BCUT2D eigenvalue weighted by atomic mass is 35.5. The van der Waals surface area contributed by atoms with E-state index in [1.54, 1.807) is 6.08 Å². The molecule has 6 heteroatoms. The van der Waals surface area contributed by atoms with E-state index in [4.69, 9.17) is 16.4 Å². The van der Waals surface area contributed by atoms with E-state index < -0.39 is 17.8 Å². The van der Waals surface area contributed by atoms with Gasteiger partial charge in [-0.2, -0.15) is 13.2 Å². The van der Waals surface area contributed by atoms with Gasteiger partial charge in [-0.1, -0.05) is 12.1 Å². The Labute approximate surface area is 101 Å². The van der Waals surface area contributed by atoms with Gasteiger partial charge in [0.1, 0.15) is 6.10 Å². The Hall–Kier alpha value is -1.20. The van der Waals surface area contributed by atoms with Crippen LogP contribution in [-0.4, -0.2) is 5.88 Å². The normalized spacial score (nSPS) is 20.0. The molecule has 1 atom stereocenters. The zero-order chi connectivity index (χ0) is 12.5. The van der Waals surface area contributed by atoms with E-state index in [0.717, 1.165) is 12.1 Å². The molecule has 1 heterocycles. The highest BCUT2D eigenvalue weighted by Crippen LogP contribution is 2.31. The van der Waals surface area contributed by atoms with Gasteiger partial charge in [-0.15, -0.1) is 11.6 Å². The molecule has 1 aromatic carbocycles. The van der Waals surface area contributed by atoms with Crippen LogP contribution in [0, 0.1) is 0 Å². The van der Waals surface area contributed by atoms with Crippen molar-refractivity contribution in [3.63, 3.8) is 0 Å². The zero-order valence-corrected chi connectivity index (χ0v) is 9.35. The number of hydrogen-bond acceptors (Lipinski definition) is 2. The Balaban J connectivity index is 2.17. The van der Waals surface area contributed by atoms with Gasteiger partial charge < -0.3 is 0 Å². The van der Waals surface area contributed by atoms with Crippen LogP contribution in [0.15, 0.2) is 36.0 Å². The van der Waals surface area contributed by atoms with E-state index in [2.05, 4.69) is 5.48 Å². The number of hydroxylamine groups is 1. The summed E-state index contributed by atoms with van der Waals surface area (Å²) in [6, 6.07) is 4.85. The molecule has 0 saturated carbocycles. The molecule has 1 N–H and O–H groups in total. The van der Waals surface area contributed by atoms with Gasteiger partial charge in [0.2, 0.25) is 0 Å². The lowest BCUT2D eigenvalue weighted by Gasteiger charge is -2.10. The minimum atomic E-state index is -4.32. The van der Waals surface area contributed by atoms with E-state index in [9.17, 15) is 13.2 Å². The molecule has 0 fully saturated rings. The van der Waals surface area contributed by atoms with Crippen molar-refractivity contribution in [3.8, 4) is 0 Å². The average molecular weight is 264 g/mol. The number of alkyl halides is 4. The summed E-state index contributed by atoms with van der Waals surface area (Å²) in [5, 5.41) is 0. The number of nitrogens with one attached hydrogen (secondary N) is 1. The lowest BCUT2D eigenvalue weighted by molar-refractivity contribution is -0.137. The second-order valence-electron chi connectivity index (χ2n) is 3.59. The van der Waals surface area contributed by atoms with Gasteiger partial charge in [-0.3, -0.25) is 10.3 Å². The molecule has 0 bridgehead atoms. The van der Waals surface area contributed by atoms with Gasteiger partial charge in [0.25, 0.3) is 0 Å². The van der Waals surface area contributed by atoms with E-state index in [-0.39, 0.29) is 5.88 Å². The molecule has 1 aliphatic rings. The summed E-state index contributed by atoms with van der Waals surface area (Å²) >= 11 is 5.59. The lowest BCUT2D eigenvalue weighted by atomic mass is 10.1. The van der Waals surface area contributed by atoms with E-state index >= 15 is 0 Å². The van der Waals surface area contributed by atoms with Gasteiger partial charge in [0, 0.05) is 0 Å². The van der Waals surface area contributed by atoms with Crippen molar-refractivity contribution in [2.75, 3.05) is 5.88 Å². The molecule has 0 radical (unpaired) electrons. The molecule has 1 unspecified atom stereocenters. The highest BCUT2D eigenvalue weighted by Gasteiger charge is 2.30. The second-order valence-corrected chi connectivity index (χ2v) is 3.85. The van der Waals surface area contributed by atoms with Crippen molar-refractivity contribution in [2.45, 2.75) is 12.3 Å². The van der Waals surface area contributed by atoms with Crippen molar-refractivity contribution < 1.29 is 18.0 Å². The smallest absolute Gasteiger partial charge is 0.269 e. The van der Waals surface area contributed by atoms with Crippen LogP contribution in [-0.2, 0) is 11.0 Å². The Bertz CT molecular complexity index is 427. The number of allylic oxidation sites excluding steroid dienone is 1. The Morgan fingerprint density at radius 3 is 2.35 bits per heavy atom. The maximum Gasteiger partial charge on any atom is 0.416 e. The van der Waals surface area contributed by atoms with Crippen molar-refractivity contribution in [3.05, 3.63) is 47.2 Å². The van der Waals surface area contributed by atoms with Gasteiger partial charge in [-0.05, 0) is 23.8 Å². The van der Waals surface area contributed by atoms with Crippen LogP contribution in [0.5, 0.6) is 0 Å². The molecular formula is C11H9ClF3NO. The summed E-state index contributed by atoms with van der Waals surface area (Å²) in [7, 11) is 0. The SMILES string of the molecule is FC(F)(F)c1ccc(C2C=C(CCl)NO2)cc1. The summed E-state index contributed by atoms with van der Waals surface area (Å²) in [4.78, 5) is 5.16. The third kappa shape index (κ3) is 2.73. The summed E-state index contributed by atoms with van der Waals surface area (Å²) < 4.78 is 37.0. The largest absolute Gasteiger partial charge is 0.416 e. The summed E-state index contributed by atoms with van der Waals surface area (Å²) in [5.41, 5.74) is 3.28.